The van der Waals surface area contributed by atoms with Gasteiger partial charge in [-0.1, -0.05) is 12.1 Å². The lowest BCUT2D eigenvalue weighted by atomic mass is 9.89. The average Bonchev–Trinajstić information content (AvgIpc) is 2.92. The first kappa shape index (κ1) is 28.9. The number of hydrogen-bond acceptors (Lipinski definition) is 8. The molecule has 0 saturated carbocycles. The molecular weight excluding hydrogens is 502 g/mol. The van der Waals surface area contributed by atoms with Gasteiger partial charge in [-0.25, -0.2) is 4.79 Å². The van der Waals surface area contributed by atoms with E-state index in [4.69, 9.17) is 24.0 Å². The Balaban J connectivity index is 2.27. The molecule has 0 heterocycles. The molecule has 0 aliphatic carbocycles. The Morgan fingerprint density at radius 3 is 1.92 bits per heavy atom. The van der Waals surface area contributed by atoms with Crippen molar-refractivity contribution in [2.75, 3.05) is 33.8 Å². The van der Waals surface area contributed by atoms with Crippen LogP contribution in [0.4, 0.5) is 5.69 Å². The van der Waals surface area contributed by atoms with Crippen LogP contribution in [0.15, 0.2) is 66.2 Å². The highest BCUT2D eigenvalue weighted by atomic mass is 17.2. The van der Waals surface area contributed by atoms with Gasteiger partial charge < -0.3 is 19.5 Å². The number of benzene rings is 3. The highest BCUT2D eigenvalue weighted by Gasteiger charge is 2.27. The third kappa shape index (κ3) is 7.24. The van der Waals surface area contributed by atoms with Gasteiger partial charge in [-0.2, -0.15) is 4.89 Å². The minimum absolute atomic E-state index is 0.0153. The average molecular weight is 534 g/mol. The lowest BCUT2D eigenvalue weighted by Gasteiger charge is -2.17. The second-order valence-electron chi connectivity index (χ2n) is 8.56. The van der Waals surface area contributed by atoms with Gasteiger partial charge in [0.25, 0.3) is 0 Å². The lowest BCUT2D eigenvalue weighted by molar-refractivity contribution is -0.248. The lowest BCUT2D eigenvalue weighted by Crippen LogP contribution is -2.16. The molecular formula is C30H31NO8. The Bertz CT molecular complexity index is 1370. The molecule has 0 atom stereocenters. The van der Waals surface area contributed by atoms with Crippen molar-refractivity contribution in [3.63, 3.8) is 0 Å². The molecule has 0 saturated heterocycles. The maximum atomic E-state index is 14.1. The molecule has 0 unspecified atom stereocenters. The number of Topliss-reactive ketones (excluding diaryl/α,β-unsaturated/α-hetero) is 1. The van der Waals surface area contributed by atoms with Crippen LogP contribution in [0.3, 0.4) is 0 Å². The summed E-state index contributed by atoms with van der Waals surface area (Å²) >= 11 is 0. The molecule has 3 aromatic rings. The molecule has 0 bridgehead atoms. The van der Waals surface area contributed by atoms with Crippen LogP contribution in [0.5, 0.6) is 17.2 Å². The first-order chi connectivity index (χ1) is 18.7. The molecule has 9 heteroatoms. The first-order valence-corrected chi connectivity index (χ1v) is 12.0. The third-order valence-corrected chi connectivity index (χ3v) is 5.89. The molecule has 39 heavy (non-hydrogen) atoms. The van der Waals surface area contributed by atoms with E-state index in [0.29, 0.717) is 34.1 Å². The van der Waals surface area contributed by atoms with Crippen LogP contribution >= 0.6 is 0 Å². The molecule has 204 valence electrons. The number of carbonyl (C=O) groups is 3. The van der Waals surface area contributed by atoms with Crippen molar-refractivity contribution < 1.29 is 38.4 Å². The van der Waals surface area contributed by atoms with E-state index in [1.807, 2.05) is 6.92 Å². The number of allylic oxidation sites excluding steroid dienone is 1. The Morgan fingerprint density at radius 1 is 0.769 bits per heavy atom. The summed E-state index contributed by atoms with van der Waals surface area (Å²) < 4.78 is 16.1. The molecule has 0 aliphatic heterocycles. The van der Waals surface area contributed by atoms with Crippen LogP contribution in [-0.4, -0.2) is 46.1 Å². The van der Waals surface area contributed by atoms with Crippen LogP contribution in [-0.2, 0) is 25.8 Å². The van der Waals surface area contributed by atoms with Gasteiger partial charge in [0, 0.05) is 36.2 Å². The number of methoxy groups -OCH3 is 3. The zero-order valence-electron chi connectivity index (χ0n) is 22.7. The summed E-state index contributed by atoms with van der Waals surface area (Å²) in [5.41, 5.74) is 2.92. The Labute approximate surface area is 227 Å². The predicted octanol–water partition coefficient (Wildman–Crippen LogP) is 4.96. The van der Waals surface area contributed by atoms with E-state index >= 15 is 0 Å². The largest absolute Gasteiger partial charge is 0.497 e. The normalized spacial score (nSPS) is 11.2. The van der Waals surface area contributed by atoms with E-state index in [1.54, 1.807) is 67.8 Å². The topological polar surface area (TPSA) is 109 Å². The number of ketones is 1. The number of hydrogen-bond donors (Lipinski definition) is 1. The van der Waals surface area contributed by atoms with Crippen molar-refractivity contribution in [2.45, 2.75) is 20.3 Å². The van der Waals surface area contributed by atoms with Crippen LogP contribution in [0.2, 0.25) is 0 Å². The molecule has 3 aromatic carbocycles. The van der Waals surface area contributed by atoms with Crippen molar-refractivity contribution in [1.82, 2.24) is 0 Å². The highest BCUT2D eigenvalue weighted by molar-refractivity contribution is 6.27. The fraction of sp³-hybridized carbons (Fsp3) is 0.233. The molecule has 0 fully saturated rings. The van der Waals surface area contributed by atoms with Gasteiger partial charge in [0.2, 0.25) is 5.91 Å². The maximum absolute atomic E-state index is 14.1. The van der Waals surface area contributed by atoms with E-state index in [0.717, 1.165) is 11.1 Å². The summed E-state index contributed by atoms with van der Waals surface area (Å²) in [7, 11) is 5.72. The van der Waals surface area contributed by atoms with Gasteiger partial charge in [-0.05, 0) is 66.1 Å². The van der Waals surface area contributed by atoms with Crippen LogP contribution in [0, 0.1) is 6.92 Å². The van der Waals surface area contributed by atoms with E-state index in [9.17, 15) is 14.4 Å². The molecule has 1 N–H and O–H groups in total. The fourth-order valence-corrected chi connectivity index (χ4v) is 4.07. The molecule has 0 radical (unpaired) electrons. The van der Waals surface area contributed by atoms with Gasteiger partial charge in [0.15, 0.2) is 5.78 Å². The summed E-state index contributed by atoms with van der Waals surface area (Å²) in [6.45, 7) is 3.24. The molecule has 9 nitrogen and oxygen atoms in total. The number of nitrogens with one attached hydrogen (secondary N) is 1. The van der Waals surface area contributed by atoms with Crippen LogP contribution in [0.1, 0.15) is 34.0 Å². The second kappa shape index (κ2) is 13.3. The number of anilines is 1. The quantitative estimate of drug-likeness (QED) is 0.159. The minimum Gasteiger partial charge on any atom is -0.497 e. The monoisotopic (exact) mass is 533 g/mol. The molecule has 0 aromatic heterocycles. The maximum Gasteiger partial charge on any atom is 0.374 e. The molecule has 0 aliphatic rings. The van der Waals surface area contributed by atoms with Gasteiger partial charge in [-0.3, -0.25) is 14.5 Å². The SMILES string of the molecule is COOC(=O)/C(=C(/Cc1ccc(NC(C)=O)cc1)C(=O)c1ccc(OC)c(C)c1)c1cc(OC)cc(OC)c1. The number of carbonyl (C=O) groups excluding carboxylic acids is 3. The second-order valence-corrected chi connectivity index (χ2v) is 8.56. The predicted molar refractivity (Wildman–Crippen MR) is 146 cm³/mol. The van der Waals surface area contributed by atoms with E-state index in [-0.39, 0.29) is 23.5 Å². The van der Waals surface area contributed by atoms with Crippen LogP contribution in [0.25, 0.3) is 5.57 Å². The molecule has 1 amide bonds. The zero-order chi connectivity index (χ0) is 28.5. The zero-order valence-corrected chi connectivity index (χ0v) is 22.7. The third-order valence-electron chi connectivity index (χ3n) is 5.89. The van der Waals surface area contributed by atoms with E-state index in [2.05, 4.69) is 5.32 Å². The summed E-state index contributed by atoms with van der Waals surface area (Å²) in [5, 5.41) is 2.71. The summed E-state index contributed by atoms with van der Waals surface area (Å²) in [6.07, 6.45) is 0.0674. The Morgan fingerprint density at radius 2 is 1.41 bits per heavy atom. The Hall–Kier alpha value is -4.63. The van der Waals surface area contributed by atoms with Crippen molar-refractivity contribution in [1.29, 1.82) is 0 Å². The summed E-state index contributed by atoms with van der Waals surface area (Å²) in [6, 6.07) is 16.9. The van der Waals surface area contributed by atoms with Gasteiger partial charge in [-0.15, -0.1) is 0 Å². The first-order valence-electron chi connectivity index (χ1n) is 12.0. The molecule has 0 spiro atoms. The number of rotatable bonds is 11. The van der Waals surface area contributed by atoms with Crippen molar-refractivity contribution in [2.24, 2.45) is 0 Å². The van der Waals surface area contributed by atoms with E-state index in [1.165, 1.54) is 28.3 Å². The fourth-order valence-electron chi connectivity index (χ4n) is 4.07. The Kier molecular flexibility index (Phi) is 9.83. The van der Waals surface area contributed by atoms with Gasteiger partial charge >= 0.3 is 5.97 Å². The van der Waals surface area contributed by atoms with Gasteiger partial charge in [0.1, 0.15) is 17.2 Å². The number of amides is 1. The van der Waals surface area contributed by atoms with Crippen LogP contribution < -0.4 is 19.5 Å². The van der Waals surface area contributed by atoms with Crippen molar-refractivity contribution in [3.8, 4) is 17.2 Å². The number of aryl methyl sites for hydroxylation is 1. The van der Waals surface area contributed by atoms with Crippen molar-refractivity contribution in [3.05, 3.63) is 88.5 Å². The highest BCUT2D eigenvalue weighted by Crippen LogP contribution is 2.33. The smallest absolute Gasteiger partial charge is 0.374 e. The summed E-state index contributed by atoms with van der Waals surface area (Å²) in [4.78, 5) is 48.5. The van der Waals surface area contributed by atoms with Crippen molar-refractivity contribution >= 4 is 28.9 Å². The van der Waals surface area contributed by atoms with Gasteiger partial charge in [0.05, 0.1) is 34.0 Å². The standard InChI is InChI=1S/C30H31NO8/c1-18-13-21(9-12-27(18)37-5)29(33)26(14-20-7-10-23(11-8-20)31-19(2)32)28(30(34)39-38-6)22-15-24(35-3)17-25(16-22)36-4/h7-13,15-17H,14H2,1-6H3,(H,31,32)/b28-26-. The number of ether oxygens (including phenoxy) is 3. The molecule has 3 rings (SSSR count). The minimum atomic E-state index is -0.865. The summed E-state index contributed by atoms with van der Waals surface area (Å²) in [5.74, 6) is -0.00225. The van der Waals surface area contributed by atoms with E-state index < -0.39 is 11.8 Å².